The van der Waals surface area contributed by atoms with Crippen molar-refractivity contribution in [3.05, 3.63) is 17.8 Å². The highest BCUT2D eigenvalue weighted by Gasteiger charge is 2.27. The summed E-state index contributed by atoms with van der Waals surface area (Å²) in [5.41, 5.74) is 0.261. The third-order valence-electron chi connectivity index (χ3n) is 1.72. The van der Waals surface area contributed by atoms with Gasteiger partial charge in [-0.05, 0) is 0 Å². The second-order valence-corrected chi connectivity index (χ2v) is 4.02. The molecule has 0 aromatic carbocycles. The highest BCUT2D eigenvalue weighted by molar-refractivity contribution is 5.72. The third kappa shape index (κ3) is 2.10. The standard InChI is InChI=1S/C9H12FNO3/c1-9(2,3)5-4-14-7(11-5)6(10)8(12)13/h4,6H,1-3H3,(H,12,13). The molecule has 4 nitrogen and oxygen atoms in total. The Labute approximate surface area is 80.8 Å². The molecule has 5 heteroatoms. The van der Waals surface area contributed by atoms with Crippen LogP contribution in [0.25, 0.3) is 0 Å². The molecule has 0 aliphatic carbocycles. The molecule has 1 heterocycles. The molecule has 1 atom stereocenters. The van der Waals surface area contributed by atoms with E-state index in [4.69, 9.17) is 9.52 Å². The van der Waals surface area contributed by atoms with Crippen LogP contribution in [0.3, 0.4) is 0 Å². The van der Waals surface area contributed by atoms with Crippen LogP contribution in [0.1, 0.15) is 38.5 Å². The van der Waals surface area contributed by atoms with Crippen LogP contribution in [0.5, 0.6) is 0 Å². The average molecular weight is 201 g/mol. The van der Waals surface area contributed by atoms with Crippen LogP contribution < -0.4 is 0 Å². The summed E-state index contributed by atoms with van der Waals surface area (Å²) in [5, 5.41) is 8.37. The lowest BCUT2D eigenvalue weighted by Gasteiger charge is -2.12. The lowest BCUT2D eigenvalue weighted by atomic mass is 9.93. The van der Waals surface area contributed by atoms with E-state index >= 15 is 0 Å². The molecule has 14 heavy (non-hydrogen) atoms. The highest BCUT2D eigenvalue weighted by atomic mass is 19.1. The number of alkyl halides is 1. The number of rotatable bonds is 2. The number of carbonyl (C=O) groups is 1. The minimum Gasteiger partial charge on any atom is -0.479 e. The topological polar surface area (TPSA) is 63.3 Å². The van der Waals surface area contributed by atoms with Gasteiger partial charge in [0.25, 0.3) is 6.17 Å². The maximum atomic E-state index is 12.9. The quantitative estimate of drug-likeness (QED) is 0.795. The number of carboxylic acids is 1. The van der Waals surface area contributed by atoms with E-state index in [1.807, 2.05) is 20.8 Å². The summed E-state index contributed by atoms with van der Waals surface area (Å²) in [5.74, 6) is -1.99. The number of hydrogen-bond donors (Lipinski definition) is 1. The zero-order valence-corrected chi connectivity index (χ0v) is 8.24. The van der Waals surface area contributed by atoms with Gasteiger partial charge < -0.3 is 9.52 Å². The molecule has 78 valence electrons. The molecule has 1 aromatic heterocycles. The molecular weight excluding hydrogens is 189 g/mol. The predicted molar refractivity (Wildman–Crippen MR) is 46.7 cm³/mol. The van der Waals surface area contributed by atoms with Crippen LogP contribution in [-0.2, 0) is 10.2 Å². The highest BCUT2D eigenvalue weighted by Crippen LogP contribution is 2.24. The van der Waals surface area contributed by atoms with E-state index in [9.17, 15) is 9.18 Å². The number of oxazole rings is 1. The molecule has 0 saturated carbocycles. The summed E-state index contributed by atoms with van der Waals surface area (Å²) in [6.07, 6.45) is -0.906. The van der Waals surface area contributed by atoms with E-state index in [0.29, 0.717) is 5.69 Å². The summed E-state index contributed by atoms with van der Waals surface area (Å²) in [6, 6.07) is 0. The summed E-state index contributed by atoms with van der Waals surface area (Å²) in [7, 11) is 0. The van der Waals surface area contributed by atoms with Gasteiger partial charge in [0, 0.05) is 5.41 Å². The van der Waals surface area contributed by atoms with Crippen LogP contribution >= 0.6 is 0 Å². The number of aliphatic carboxylic acids is 1. The molecular formula is C9H12FNO3. The Hall–Kier alpha value is -1.39. The first-order chi connectivity index (χ1) is 6.32. The fourth-order valence-corrected chi connectivity index (χ4v) is 0.854. The van der Waals surface area contributed by atoms with Crippen molar-refractivity contribution >= 4 is 5.97 Å². The zero-order valence-electron chi connectivity index (χ0n) is 8.24. The minimum absolute atomic E-state index is 0.278. The first-order valence-corrected chi connectivity index (χ1v) is 4.15. The molecule has 0 aliphatic rings. The maximum Gasteiger partial charge on any atom is 0.348 e. The van der Waals surface area contributed by atoms with Crippen LogP contribution in [0.2, 0.25) is 0 Å². The largest absolute Gasteiger partial charge is 0.479 e. The van der Waals surface area contributed by atoms with Crippen molar-refractivity contribution in [3.8, 4) is 0 Å². The molecule has 0 fully saturated rings. The molecule has 0 saturated heterocycles. The molecule has 1 rings (SSSR count). The molecule has 0 spiro atoms. The minimum atomic E-state index is -2.19. The van der Waals surface area contributed by atoms with Crippen molar-refractivity contribution < 1.29 is 18.7 Å². The van der Waals surface area contributed by atoms with Crippen molar-refractivity contribution in [2.24, 2.45) is 0 Å². The normalized spacial score (nSPS) is 14.0. The van der Waals surface area contributed by atoms with Gasteiger partial charge in [-0.1, -0.05) is 20.8 Å². The van der Waals surface area contributed by atoms with Crippen molar-refractivity contribution in [1.82, 2.24) is 4.98 Å². The van der Waals surface area contributed by atoms with Gasteiger partial charge in [0.15, 0.2) is 0 Å². The van der Waals surface area contributed by atoms with Crippen LogP contribution in [0.15, 0.2) is 10.7 Å². The van der Waals surface area contributed by atoms with Gasteiger partial charge in [0.1, 0.15) is 6.26 Å². The van der Waals surface area contributed by atoms with Gasteiger partial charge in [-0.3, -0.25) is 0 Å². The Morgan fingerprint density at radius 2 is 2.21 bits per heavy atom. The Balaban J connectivity index is 2.94. The molecule has 0 bridgehead atoms. The molecule has 0 radical (unpaired) electrons. The number of aromatic nitrogens is 1. The second-order valence-electron chi connectivity index (χ2n) is 4.02. The summed E-state index contributed by atoms with van der Waals surface area (Å²) < 4.78 is 17.7. The molecule has 0 aliphatic heterocycles. The molecule has 1 N–H and O–H groups in total. The SMILES string of the molecule is CC(C)(C)c1coc(C(F)C(=O)O)n1. The Bertz CT molecular complexity index is 340. The summed E-state index contributed by atoms with van der Waals surface area (Å²) in [4.78, 5) is 14.1. The van der Waals surface area contributed by atoms with E-state index in [2.05, 4.69) is 4.98 Å². The third-order valence-corrected chi connectivity index (χ3v) is 1.72. The van der Waals surface area contributed by atoms with Crippen molar-refractivity contribution in [2.45, 2.75) is 32.4 Å². The van der Waals surface area contributed by atoms with Gasteiger partial charge in [0.2, 0.25) is 5.89 Å². The van der Waals surface area contributed by atoms with E-state index in [-0.39, 0.29) is 5.41 Å². The second kappa shape index (κ2) is 3.40. The monoisotopic (exact) mass is 201 g/mol. The Morgan fingerprint density at radius 3 is 2.57 bits per heavy atom. The fraction of sp³-hybridized carbons (Fsp3) is 0.556. The molecule has 1 aromatic rings. The number of carboxylic acid groups (broad SMARTS) is 1. The number of nitrogens with zero attached hydrogens (tertiary/aromatic N) is 1. The van der Waals surface area contributed by atoms with E-state index in [0.717, 1.165) is 0 Å². The van der Waals surface area contributed by atoms with Crippen molar-refractivity contribution in [1.29, 1.82) is 0 Å². The van der Waals surface area contributed by atoms with E-state index in [1.165, 1.54) is 6.26 Å². The van der Waals surface area contributed by atoms with Crippen LogP contribution in [-0.4, -0.2) is 16.1 Å². The molecule has 1 unspecified atom stereocenters. The van der Waals surface area contributed by atoms with E-state index < -0.39 is 18.0 Å². The van der Waals surface area contributed by atoms with Gasteiger partial charge in [-0.25, -0.2) is 14.2 Å². The fourth-order valence-electron chi connectivity index (χ4n) is 0.854. The summed E-state index contributed by atoms with van der Waals surface area (Å²) in [6.45, 7) is 5.63. The lowest BCUT2D eigenvalue weighted by molar-refractivity contribution is -0.143. The maximum absolute atomic E-state index is 12.9. The van der Waals surface area contributed by atoms with Crippen LogP contribution in [0, 0.1) is 0 Å². The smallest absolute Gasteiger partial charge is 0.348 e. The van der Waals surface area contributed by atoms with Crippen molar-refractivity contribution in [2.75, 3.05) is 0 Å². The first kappa shape index (κ1) is 10.7. The number of halogens is 1. The first-order valence-electron chi connectivity index (χ1n) is 4.15. The van der Waals surface area contributed by atoms with Crippen molar-refractivity contribution in [3.63, 3.8) is 0 Å². The van der Waals surface area contributed by atoms with Gasteiger partial charge in [-0.15, -0.1) is 0 Å². The van der Waals surface area contributed by atoms with E-state index in [1.54, 1.807) is 0 Å². The Morgan fingerprint density at radius 1 is 1.64 bits per heavy atom. The average Bonchev–Trinajstić information content (AvgIpc) is 2.49. The lowest BCUT2D eigenvalue weighted by Crippen LogP contribution is -2.12. The van der Waals surface area contributed by atoms with Crippen LogP contribution in [0.4, 0.5) is 4.39 Å². The predicted octanol–water partition coefficient (Wildman–Crippen LogP) is 2.07. The van der Waals surface area contributed by atoms with Gasteiger partial charge in [0.05, 0.1) is 5.69 Å². The zero-order chi connectivity index (χ0) is 10.9. The molecule has 0 amide bonds. The van der Waals surface area contributed by atoms with Gasteiger partial charge >= 0.3 is 5.97 Å². The number of hydrogen-bond acceptors (Lipinski definition) is 3. The Kier molecular flexibility index (Phi) is 2.59. The summed E-state index contributed by atoms with van der Waals surface area (Å²) >= 11 is 0. The van der Waals surface area contributed by atoms with Gasteiger partial charge in [-0.2, -0.15) is 0 Å².